The van der Waals surface area contributed by atoms with Crippen LogP contribution in [0.5, 0.6) is 5.75 Å². The summed E-state index contributed by atoms with van der Waals surface area (Å²) < 4.78 is 5.08. The Morgan fingerprint density at radius 1 is 1.05 bits per heavy atom. The number of methoxy groups -OCH3 is 1. The third-order valence-electron chi connectivity index (χ3n) is 2.96. The molecule has 2 aromatic rings. The summed E-state index contributed by atoms with van der Waals surface area (Å²) in [6.07, 6.45) is -0.270. The zero-order valence-electron chi connectivity index (χ0n) is 10.4. The molecule has 2 rings (SSSR count). The summed E-state index contributed by atoms with van der Waals surface area (Å²) in [5.74, 6) is 0.756. The first-order valence-corrected chi connectivity index (χ1v) is 6.62. The Balaban J connectivity index is 2.18. The van der Waals surface area contributed by atoms with Gasteiger partial charge < -0.3 is 9.84 Å². The number of benzene rings is 2. The van der Waals surface area contributed by atoms with E-state index in [0.717, 1.165) is 16.9 Å². The Hall–Kier alpha value is -1.22. The molecule has 1 atom stereocenters. The van der Waals surface area contributed by atoms with E-state index in [1.54, 1.807) is 25.3 Å². The number of halogens is 2. The van der Waals surface area contributed by atoms with E-state index in [4.69, 9.17) is 27.9 Å². The highest BCUT2D eigenvalue weighted by Gasteiger charge is 2.13. The lowest BCUT2D eigenvalue weighted by Gasteiger charge is -2.14. The van der Waals surface area contributed by atoms with Gasteiger partial charge in [0.25, 0.3) is 0 Å². The maximum absolute atomic E-state index is 10.2. The normalized spacial score (nSPS) is 12.2. The average molecular weight is 297 g/mol. The molecule has 0 saturated carbocycles. The molecule has 0 heterocycles. The van der Waals surface area contributed by atoms with Gasteiger partial charge in [0, 0.05) is 16.5 Å². The molecule has 19 heavy (non-hydrogen) atoms. The van der Waals surface area contributed by atoms with E-state index in [2.05, 4.69) is 0 Å². The summed E-state index contributed by atoms with van der Waals surface area (Å²) in [6.45, 7) is 0. The number of rotatable bonds is 4. The first kappa shape index (κ1) is 14.2. The van der Waals surface area contributed by atoms with Crippen molar-refractivity contribution in [3.05, 3.63) is 63.6 Å². The molecule has 0 bridgehead atoms. The summed E-state index contributed by atoms with van der Waals surface area (Å²) in [5, 5.41) is 11.4. The quantitative estimate of drug-likeness (QED) is 0.912. The SMILES string of the molecule is COc1ccc(C(O)Cc2c(Cl)cccc2Cl)cc1. The van der Waals surface area contributed by atoms with Gasteiger partial charge in [-0.1, -0.05) is 41.4 Å². The lowest BCUT2D eigenvalue weighted by atomic mass is 10.0. The highest BCUT2D eigenvalue weighted by molar-refractivity contribution is 6.35. The number of ether oxygens (including phenoxy) is 1. The van der Waals surface area contributed by atoms with Crippen LogP contribution in [0.1, 0.15) is 17.2 Å². The maximum atomic E-state index is 10.2. The van der Waals surface area contributed by atoms with E-state index in [0.29, 0.717) is 16.5 Å². The predicted octanol–water partition coefficient (Wildman–Crippen LogP) is 4.28. The molecule has 2 nitrogen and oxygen atoms in total. The lowest BCUT2D eigenvalue weighted by Crippen LogP contribution is -2.03. The van der Waals surface area contributed by atoms with Crippen LogP contribution in [-0.4, -0.2) is 12.2 Å². The van der Waals surface area contributed by atoms with Gasteiger partial charge in [0.2, 0.25) is 0 Å². The Labute approximate surface area is 122 Å². The number of aliphatic hydroxyl groups is 1. The standard InChI is InChI=1S/C15H14Cl2O2/c1-19-11-7-5-10(6-8-11)15(18)9-12-13(16)3-2-4-14(12)17/h2-8,15,18H,9H2,1H3. The zero-order chi connectivity index (χ0) is 13.8. The molecule has 0 radical (unpaired) electrons. The molecule has 0 aliphatic rings. The van der Waals surface area contributed by atoms with Crippen LogP contribution in [-0.2, 0) is 6.42 Å². The van der Waals surface area contributed by atoms with Crippen LogP contribution in [0.15, 0.2) is 42.5 Å². The van der Waals surface area contributed by atoms with Crippen LogP contribution >= 0.6 is 23.2 Å². The third kappa shape index (κ3) is 3.41. The van der Waals surface area contributed by atoms with E-state index in [-0.39, 0.29) is 0 Å². The zero-order valence-corrected chi connectivity index (χ0v) is 11.9. The first-order chi connectivity index (χ1) is 9.11. The Morgan fingerprint density at radius 3 is 2.16 bits per heavy atom. The topological polar surface area (TPSA) is 29.5 Å². The second kappa shape index (κ2) is 6.29. The van der Waals surface area contributed by atoms with Gasteiger partial charge in [-0.05, 0) is 35.4 Å². The fraction of sp³-hybridized carbons (Fsp3) is 0.200. The van der Waals surface area contributed by atoms with E-state index < -0.39 is 6.10 Å². The van der Waals surface area contributed by atoms with Gasteiger partial charge in [-0.2, -0.15) is 0 Å². The van der Waals surface area contributed by atoms with Gasteiger partial charge >= 0.3 is 0 Å². The summed E-state index contributed by atoms with van der Waals surface area (Å²) in [5.41, 5.74) is 1.56. The summed E-state index contributed by atoms with van der Waals surface area (Å²) in [4.78, 5) is 0. The number of aliphatic hydroxyl groups excluding tert-OH is 1. The fourth-order valence-electron chi connectivity index (χ4n) is 1.86. The van der Waals surface area contributed by atoms with Crippen LogP contribution < -0.4 is 4.74 Å². The summed E-state index contributed by atoms with van der Waals surface area (Å²) in [6, 6.07) is 12.6. The maximum Gasteiger partial charge on any atom is 0.118 e. The summed E-state index contributed by atoms with van der Waals surface area (Å²) >= 11 is 12.2. The van der Waals surface area contributed by atoms with Crippen molar-refractivity contribution < 1.29 is 9.84 Å². The van der Waals surface area contributed by atoms with Gasteiger partial charge in [0.1, 0.15) is 5.75 Å². The van der Waals surface area contributed by atoms with Crippen molar-refractivity contribution in [2.24, 2.45) is 0 Å². The molecule has 100 valence electrons. The van der Waals surface area contributed by atoms with Crippen molar-refractivity contribution in [3.63, 3.8) is 0 Å². The second-order valence-electron chi connectivity index (χ2n) is 4.19. The highest BCUT2D eigenvalue weighted by atomic mass is 35.5. The van der Waals surface area contributed by atoms with Gasteiger partial charge in [-0.25, -0.2) is 0 Å². The molecule has 1 N–H and O–H groups in total. The molecule has 4 heteroatoms. The number of hydrogen-bond acceptors (Lipinski definition) is 2. The average Bonchev–Trinajstić information content (AvgIpc) is 2.43. The molecule has 2 aromatic carbocycles. The smallest absolute Gasteiger partial charge is 0.118 e. The van der Waals surface area contributed by atoms with Gasteiger partial charge in [0.05, 0.1) is 13.2 Å². The number of hydrogen-bond donors (Lipinski definition) is 1. The molecule has 0 aromatic heterocycles. The van der Waals surface area contributed by atoms with Crippen molar-refractivity contribution in [2.45, 2.75) is 12.5 Å². The second-order valence-corrected chi connectivity index (χ2v) is 5.01. The van der Waals surface area contributed by atoms with E-state index in [9.17, 15) is 5.11 Å². The van der Waals surface area contributed by atoms with Crippen LogP contribution in [0.25, 0.3) is 0 Å². The van der Waals surface area contributed by atoms with Crippen LogP contribution in [0.2, 0.25) is 10.0 Å². The predicted molar refractivity (Wildman–Crippen MR) is 78.1 cm³/mol. The van der Waals surface area contributed by atoms with Crippen molar-refractivity contribution in [2.75, 3.05) is 7.11 Å². The largest absolute Gasteiger partial charge is 0.497 e. The lowest BCUT2D eigenvalue weighted by molar-refractivity contribution is 0.178. The molecule has 0 fully saturated rings. The van der Waals surface area contributed by atoms with E-state index >= 15 is 0 Å². The minimum Gasteiger partial charge on any atom is -0.497 e. The van der Waals surface area contributed by atoms with Crippen LogP contribution in [0, 0.1) is 0 Å². The molecule has 0 spiro atoms. The fourth-order valence-corrected chi connectivity index (χ4v) is 2.42. The molecule has 0 saturated heterocycles. The van der Waals surface area contributed by atoms with Crippen molar-refractivity contribution in [1.82, 2.24) is 0 Å². The van der Waals surface area contributed by atoms with Crippen molar-refractivity contribution in [3.8, 4) is 5.75 Å². The third-order valence-corrected chi connectivity index (χ3v) is 3.67. The highest BCUT2D eigenvalue weighted by Crippen LogP contribution is 2.29. The van der Waals surface area contributed by atoms with E-state index in [1.807, 2.05) is 24.3 Å². The van der Waals surface area contributed by atoms with Crippen molar-refractivity contribution in [1.29, 1.82) is 0 Å². The molecule has 0 aliphatic carbocycles. The van der Waals surface area contributed by atoms with Crippen molar-refractivity contribution >= 4 is 23.2 Å². The molecular formula is C15H14Cl2O2. The minimum atomic E-state index is -0.650. The van der Waals surface area contributed by atoms with Gasteiger partial charge in [-0.3, -0.25) is 0 Å². The monoisotopic (exact) mass is 296 g/mol. The van der Waals surface area contributed by atoms with Gasteiger partial charge in [-0.15, -0.1) is 0 Å². The minimum absolute atomic E-state index is 0.380. The molecule has 1 unspecified atom stereocenters. The van der Waals surface area contributed by atoms with Crippen LogP contribution in [0.4, 0.5) is 0 Å². The Bertz CT molecular complexity index is 532. The van der Waals surface area contributed by atoms with Gasteiger partial charge in [0.15, 0.2) is 0 Å². The molecular weight excluding hydrogens is 283 g/mol. The van der Waals surface area contributed by atoms with Crippen LogP contribution in [0.3, 0.4) is 0 Å². The van der Waals surface area contributed by atoms with E-state index in [1.165, 1.54) is 0 Å². The Kier molecular flexibility index (Phi) is 4.70. The summed E-state index contributed by atoms with van der Waals surface area (Å²) in [7, 11) is 1.61. The first-order valence-electron chi connectivity index (χ1n) is 5.86. The molecule has 0 aliphatic heterocycles. The Morgan fingerprint density at radius 2 is 1.63 bits per heavy atom. The molecule has 0 amide bonds.